The molecule has 1 atom stereocenters. The molecule has 2 amide bonds. The molecule has 1 fully saturated rings. The van der Waals surface area contributed by atoms with Gasteiger partial charge in [0.25, 0.3) is 5.91 Å². The number of carbonyl (C=O) groups is 3. The van der Waals surface area contributed by atoms with Crippen molar-refractivity contribution in [2.24, 2.45) is 0 Å². The molecule has 2 aliphatic rings. The maximum atomic E-state index is 13.1. The number of ketones is 1. The topological polar surface area (TPSA) is 73.5 Å². The number of anilines is 1. The van der Waals surface area contributed by atoms with Crippen LogP contribution >= 0.6 is 0 Å². The van der Waals surface area contributed by atoms with Gasteiger partial charge in [-0.25, -0.2) is 4.90 Å². The van der Waals surface area contributed by atoms with Gasteiger partial charge in [-0.15, -0.1) is 0 Å². The molecule has 0 spiro atoms. The standard InChI is InChI=1S/C23H21N3O3/c1-14(27)15-6-8-16(9-7-15)26-22(28)12-21(23(26)29)25-11-10-18-17-4-2-3-5-19(17)24-20(18)13-25/h2-9,21,24H,10-13H2,1H3. The lowest BCUT2D eigenvalue weighted by Crippen LogP contribution is -2.44. The first-order chi connectivity index (χ1) is 14.0. The molecule has 5 rings (SSSR count). The first-order valence-corrected chi connectivity index (χ1v) is 9.83. The minimum Gasteiger partial charge on any atom is -0.357 e. The predicted molar refractivity (Wildman–Crippen MR) is 110 cm³/mol. The number of benzene rings is 2. The van der Waals surface area contributed by atoms with Crippen molar-refractivity contribution in [2.45, 2.75) is 32.4 Å². The van der Waals surface area contributed by atoms with Crippen LogP contribution in [-0.2, 0) is 22.6 Å². The highest BCUT2D eigenvalue weighted by atomic mass is 16.2. The maximum absolute atomic E-state index is 13.1. The average Bonchev–Trinajstić information content (AvgIpc) is 3.24. The number of carbonyl (C=O) groups excluding carboxylic acids is 3. The SMILES string of the molecule is CC(=O)c1ccc(N2C(=O)CC(N3CCc4c([nH]c5ccccc45)C3)C2=O)cc1. The molecule has 2 aromatic carbocycles. The van der Waals surface area contributed by atoms with Crippen LogP contribution < -0.4 is 4.90 Å². The summed E-state index contributed by atoms with van der Waals surface area (Å²) in [5.41, 5.74) is 4.63. The third-order valence-electron chi connectivity index (χ3n) is 6.01. The van der Waals surface area contributed by atoms with E-state index in [0.717, 1.165) is 24.2 Å². The van der Waals surface area contributed by atoms with Gasteiger partial charge in [0.05, 0.1) is 18.2 Å². The minimum absolute atomic E-state index is 0.0454. The number of hydrogen-bond acceptors (Lipinski definition) is 4. The Kier molecular flexibility index (Phi) is 4.10. The largest absolute Gasteiger partial charge is 0.357 e. The average molecular weight is 387 g/mol. The Labute approximate surface area is 168 Å². The first kappa shape index (κ1) is 17.8. The smallest absolute Gasteiger partial charge is 0.251 e. The highest BCUT2D eigenvalue weighted by Crippen LogP contribution is 2.32. The van der Waals surface area contributed by atoms with E-state index in [1.54, 1.807) is 24.3 Å². The number of nitrogens with one attached hydrogen (secondary N) is 1. The van der Waals surface area contributed by atoms with Crippen molar-refractivity contribution in [2.75, 3.05) is 11.4 Å². The molecule has 0 saturated carbocycles. The Bertz CT molecular complexity index is 1150. The Morgan fingerprint density at radius 2 is 1.83 bits per heavy atom. The molecule has 0 radical (unpaired) electrons. The lowest BCUT2D eigenvalue weighted by Gasteiger charge is -2.30. The normalized spacial score (nSPS) is 19.8. The van der Waals surface area contributed by atoms with Crippen molar-refractivity contribution in [3.8, 4) is 0 Å². The summed E-state index contributed by atoms with van der Waals surface area (Å²) in [6.07, 6.45) is 1.04. The fourth-order valence-electron chi connectivity index (χ4n) is 4.50. The molecule has 0 bridgehead atoms. The van der Waals surface area contributed by atoms with Crippen molar-refractivity contribution in [1.82, 2.24) is 9.88 Å². The highest BCUT2D eigenvalue weighted by Gasteiger charge is 2.43. The number of amides is 2. The maximum Gasteiger partial charge on any atom is 0.251 e. The molecule has 1 N–H and O–H groups in total. The van der Waals surface area contributed by atoms with E-state index in [4.69, 9.17) is 0 Å². The van der Waals surface area contributed by atoms with E-state index in [1.165, 1.54) is 22.8 Å². The Hall–Kier alpha value is -3.25. The van der Waals surface area contributed by atoms with Gasteiger partial charge in [0.15, 0.2) is 5.78 Å². The summed E-state index contributed by atoms with van der Waals surface area (Å²) >= 11 is 0. The molecule has 6 nitrogen and oxygen atoms in total. The van der Waals surface area contributed by atoms with Crippen LogP contribution in [0.3, 0.4) is 0 Å². The number of para-hydroxylation sites is 1. The van der Waals surface area contributed by atoms with E-state index >= 15 is 0 Å². The second-order valence-electron chi connectivity index (χ2n) is 7.74. The zero-order valence-electron chi connectivity index (χ0n) is 16.1. The van der Waals surface area contributed by atoms with Crippen molar-refractivity contribution in [3.63, 3.8) is 0 Å². The van der Waals surface area contributed by atoms with Gasteiger partial charge in [0, 0.05) is 35.2 Å². The molecule has 3 aromatic rings. The van der Waals surface area contributed by atoms with Crippen molar-refractivity contribution < 1.29 is 14.4 Å². The molecule has 3 heterocycles. The Morgan fingerprint density at radius 3 is 2.59 bits per heavy atom. The number of fused-ring (bicyclic) bond motifs is 3. The van der Waals surface area contributed by atoms with Crippen LogP contribution in [0.15, 0.2) is 48.5 Å². The number of hydrogen-bond donors (Lipinski definition) is 1. The highest BCUT2D eigenvalue weighted by molar-refractivity contribution is 6.22. The summed E-state index contributed by atoms with van der Waals surface area (Å²) in [6.45, 7) is 2.87. The molecule has 146 valence electrons. The number of Topliss-reactive ketones (excluding diaryl/α,β-unsaturated/α-hetero) is 1. The van der Waals surface area contributed by atoms with Gasteiger partial charge in [0.1, 0.15) is 0 Å². The molecular formula is C23H21N3O3. The fraction of sp³-hybridized carbons (Fsp3) is 0.261. The van der Waals surface area contributed by atoms with Gasteiger partial charge in [-0.3, -0.25) is 19.3 Å². The van der Waals surface area contributed by atoms with Gasteiger partial charge >= 0.3 is 0 Å². The van der Waals surface area contributed by atoms with Crippen LogP contribution in [0.2, 0.25) is 0 Å². The van der Waals surface area contributed by atoms with Crippen molar-refractivity contribution >= 4 is 34.2 Å². The fourth-order valence-corrected chi connectivity index (χ4v) is 4.50. The molecule has 29 heavy (non-hydrogen) atoms. The van der Waals surface area contributed by atoms with E-state index in [9.17, 15) is 14.4 Å². The van der Waals surface area contributed by atoms with Crippen LogP contribution in [0.1, 0.15) is 35.0 Å². The summed E-state index contributed by atoms with van der Waals surface area (Å²) < 4.78 is 0. The lowest BCUT2D eigenvalue weighted by molar-refractivity contribution is -0.123. The summed E-state index contributed by atoms with van der Waals surface area (Å²) in [6, 6.07) is 14.4. The summed E-state index contributed by atoms with van der Waals surface area (Å²) in [5, 5.41) is 1.24. The molecule has 1 unspecified atom stereocenters. The third-order valence-corrected chi connectivity index (χ3v) is 6.01. The lowest BCUT2D eigenvalue weighted by atomic mass is 10.0. The number of rotatable bonds is 3. The number of imide groups is 1. The summed E-state index contributed by atoms with van der Waals surface area (Å²) in [4.78, 5) is 44.1. The monoisotopic (exact) mass is 387 g/mol. The van der Waals surface area contributed by atoms with Gasteiger partial charge in [-0.1, -0.05) is 18.2 Å². The van der Waals surface area contributed by atoms with Crippen LogP contribution in [-0.4, -0.2) is 40.1 Å². The molecule has 6 heteroatoms. The van der Waals surface area contributed by atoms with E-state index < -0.39 is 6.04 Å². The minimum atomic E-state index is -0.449. The molecule has 2 aliphatic heterocycles. The van der Waals surface area contributed by atoms with Gasteiger partial charge in [-0.05, 0) is 49.2 Å². The van der Waals surface area contributed by atoms with E-state index in [-0.39, 0.29) is 24.0 Å². The van der Waals surface area contributed by atoms with Gasteiger partial charge < -0.3 is 4.98 Å². The second-order valence-corrected chi connectivity index (χ2v) is 7.74. The van der Waals surface area contributed by atoms with E-state index in [1.807, 2.05) is 12.1 Å². The molecule has 1 saturated heterocycles. The van der Waals surface area contributed by atoms with Crippen molar-refractivity contribution in [3.05, 3.63) is 65.4 Å². The summed E-state index contributed by atoms with van der Waals surface area (Å²) in [5.74, 6) is -0.431. The van der Waals surface area contributed by atoms with E-state index in [0.29, 0.717) is 17.8 Å². The van der Waals surface area contributed by atoms with Crippen LogP contribution in [0, 0.1) is 0 Å². The van der Waals surface area contributed by atoms with E-state index in [2.05, 4.69) is 22.0 Å². The second kappa shape index (κ2) is 6.67. The van der Waals surface area contributed by atoms with Gasteiger partial charge in [-0.2, -0.15) is 0 Å². The zero-order valence-corrected chi connectivity index (χ0v) is 16.1. The number of aromatic nitrogens is 1. The van der Waals surface area contributed by atoms with Crippen LogP contribution in [0.5, 0.6) is 0 Å². The molecule has 0 aliphatic carbocycles. The number of nitrogens with zero attached hydrogens (tertiary/aromatic N) is 2. The quantitative estimate of drug-likeness (QED) is 0.554. The summed E-state index contributed by atoms with van der Waals surface area (Å²) in [7, 11) is 0. The van der Waals surface area contributed by atoms with Crippen LogP contribution in [0.4, 0.5) is 5.69 Å². The zero-order chi connectivity index (χ0) is 20.1. The molecular weight excluding hydrogens is 366 g/mol. The van der Waals surface area contributed by atoms with Gasteiger partial charge in [0.2, 0.25) is 5.91 Å². The molecule has 1 aromatic heterocycles. The number of H-pyrrole nitrogens is 1. The number of aromatic amines is 1. The Morgan fingerprint density at radius 1 is 1.07 bits per heavy atom. The predicted octanol–water partition coefficient (Wildman–Crippen LogP) is 3.06. The Balaban J connectivity index is 1.39. The van der Waals surface area contributed by atoms with Crippen molar-refractivity contribution in [1.29, 1.82) is 0 Å². The third kappa shape index (κ3) is 2.87. The first-order valence-electron chi connectivity index (χ1n) is 9.83. The van der Waals surface area contributed by atoms with Crippen LogP contribution in [0.25, 0.3) is 10.9 Å².